The first-order valence-corrected chi connectivity index (χ1v) is 7.39. The summed E-state index contributed by atoms with van der Waals surface area (Å²) in [6, 6.07) is 1.82. The molecule has 0 aliphatic heterocycles. The van der Waals surface area contributed by atoms with Gasteiger partial charge in [-0.3, -0.25) is 4.79 Å². The van der Waals surface area contributed by atoms with E-state index >= 15 is 0 Å². The zero-order valence-electron chi connectivity index (χ0n) is 10.1. The number of halogens is 1. The molecule has 102 valence electrons. The molecule has 0 fully saturated rings. The fourth-order valence-corrected chi connectivity index (χ4v) is 2.66. The van der Waals surface area contributed by atoms with Crippen molar-refractivity contribution in [2.75, 3.05) is 5.75 Å². The van der Waals surface area contributed by atoms with Gasteiger partial charge < -0.3 is 15.2 Å². The summed E-state index contributed by atoms with van der Waals surface area (Å²) in [5.74, 6) is 0.157. The van der Waals surface area contributed by atoms with Gasteiger partial charge in [0, 0.05) is 40.5 Å². The molecule has 19 heavy (non-hydrogen) atoms. The number of aliphatic hydroxyl groups excluding tert-OH is 2. The van der Waals surface area contributed by atoms with Gasteiger partial charge in [-0.25, -0.2) is 4.98 Å². The van der Waals surface area contributed by atoms with Gasteiger partial charge in [-0.1, -0.05) is 11.8 Å². The van der Waals surface area contributed by atoms with Crippen molar-refractivity contribution in [3.05, 3.63) is 28.5 Å². The number of fused-ring (bicyclic) bond motifs is 1. The first-order chi connectivity index (χ1) is 8.99. The van der Waals surface area contributed by atoms with E-state index in [-0.39, 0.29) is 10.9 Å². The molecule has 2 heterocycles. The molecule has 2 rings (SSSR count). The lowest BCUT2D eigenvalue weighted by atomic mass is 10.1. The van der Waals surface area contributed by atoms with Gasteiger partial charge in [0.05, 0.1) is 6.10 Å². The molecule has 0 saturated carbocycles. The van der Waals surface area contributed by atoms with Crippen LogP contribution in [0.25, 0.3) is 11.0 Å². The van der Waals surface area contributed by atoms with Crippen LogP contribution in [-0.2, 0) is 4.79 Å². The van der Waals surface area contributed by atoms with Crippen molar-refractivity contribution in [1.29, 1.82) is 0 Å². The van der Waals surface area contributed by atoms with Gasteiger partial charge in [0.15, 0.2) is 5.12 Å². The molecular formula is C12H13BrN2O3S. The number of nitrogens with one attached hydrogen (secondary N) is 1. The first-order valence-electron chi connectivity index (χ1n) is 5.61. The Morgan fingerprint density at radius 2 is 2.32 bits per heavy atom. The Balaban J connectivity index is 2.23. The van der Waals surface area contributed by atoms with E-state index in [1.54, 1.807) is 12.4 Å². The van der Waals surface area contributed by atoms with Crippen molar-refractivity contribution in [2.24, 2.45) is 0 Å². The zero-order valence-corrected chi connectivity index (χ0v) is 12.5. The van der Waals surface area contributed by atoms with Crippen LogP contribution >= 0.6 is 27.7 Å². The summed E-state index contributed by atoms with van der Waals surface area (Å²) in [6.07, 6.45) is 1.21. The Kier molecular flexibility index (Phi) is 4.62. The standard InChI is InChI=1S/C12H13BrN2O3S/c1-6(16)19-5-10(17)11(18)9-4-15-12-8(9)2-7(13)3-14-12/h2-4,10-11,17-18H,5H2,1H3,(H,14,15). The molecule has 5 nitrogen and oxygen atoms in total. The molecule has 2 aromatic heterocycles. The molecule has 0 bridgehead atoms. The number of aromatic nitrogens is 2. The Bertz CT molecular complexity index is 602. The number of aliphatic hydroxyl groups is 2. The molecular weight excluding hydrogens is 332 g/mol. The summed E-state index contributed by atoms with van der Waals surface area (Å²) in [5.41, 5.74) is 1.21. The number of H-pyrrole nitrogens is 1. The summed E-state index contributed by atoms with van der Waals surface area (Å²) in [5, 5.41) is 20.7. The van der Waals surface area contributed by atoms with Gasteiger partial charge in [0.1, 0.15) is 11.8 Å². The molecule has 2 atom stereocenters. The third-order valence-electron chi connectivity index (χ3n) is 2.67. The van der Waals surface area contributed by atoms with Crippen molar-refractivity contribution in [3.63, 3.8) is 0 Å². The quantitative estimate of drug-likeness (QED) is 0.789. The highest BCUT2D eigenvalue weighted by molar-refractivity contribution is 9.10. The van der Waals surface area contributed by atoms with Gasteiger partial charge in [-0.15, -0.1) is 0 Å². The Hall–Kier alpha value is -0.890. The highest BCUT2D eigenvalue weighted by atomic mass is 79.9. The predicted octanol–water partition coefficient (Wildman–Crippen LogP) is 2.00. The number of rotatable bonds is 4. The highest BCUT2D eigenvalue weighted by Crippen LogP contribution is 2.28. The number of pyridine rings is 1. The van der Waals surface area contributed by atoms with Crippen LogP contribution in [0.5, 0.6) is 0 Å². The van der Waals surface area contributed by atoms with Crippen LogP contribution in [0.15, 0.2) is 22.9 Å². The molecule has 0 aromatic carbocycles. The minimum absolute atomic E-state index is 0.0883. The zero-order chi connectivity index (χ0) is 14.0. The Labute approximate surface area is 122 Å². The second kappa shape index (κ2) is 6.04. The van der Waals surface area contributed by atoms with Crippen molar-refractivity contribution in [1.82, 2.24) is 9.97 Å². The fourth-order valence-electron chi connectivity index (χ4n) is 1.74. The molecule has 0 radical (unpaired) electrons. The summed E-state index contributed by atoms with van der Waals surface area (Å²) in [6.45, 7) is 1.43. The third-order valence-corrected chi connectivity index (χ3v) is 4.02. The van der Waals surface area contributed by atoms with Gasteiger partial charge in [0.2, 0.25) is 0 Å². The fraction of sp³-hybridized carbons (Fsp3) is 0.333. The molecule has 0 aliphatic rings. The average molecular weight is 345 g/mol. The van der Waals surface area contributed by atoms with Crippen LogP contribution in [0.2, 0.25) is 0 Å². The van der Waals surface area contributed by atoms with Crippen LogP contribution in [0, 0.1) is 0 Å². The molecule has 0 saturated heterocycles. The number of hydrogen-bond donors (Lipinski definition) is 3. The highest BCUT2D eigenvalue weighted by Gasteiger charge is 2.22. The molecule has 0 aliphatic carbocycles. The number of thioether (sulfide) groups is 1. The Morgan fingerprint density at radius 3 is 3.00 bits per heavy atom. The first kappa shape index (κ1) is 14.5. The second-order valence-corrected chi connectivity index (χ2v) is 6.22. The van der Waals surface area contributed by atoms with Gasteiger partial charge in [-0.05, 0) is 22.0 Å². The normalized spacial score (nSPS) is 14.5. The largest absolute Gasteiger partial charge is 0.389 e. The smallest absolute Gasteiger partial charge is 0.185 e. The van der Waals surface area contributed by atoms with Gasteiger partial charge in [0.25, 0.3) is 0 Å². The lowest BCUT2D eigenvalue weighted by Gasteiger charge is -2.16. The maximum Gasteiger partial charge on any atom is 0.185 e. The van der Waals surface area contributed by atoms with E-state index < -0.39 is 12.2 Å². The van der Waals surface area contributed by atoms with Crippen molar-refractivity contribution >= 4 is 43.8 Å². The van der Waals surface area contributed by atoms with Crippen molar-refractivity contribution in [3.8, 4) is 0 Å². The summed E-state index contributed by atoms with van der Waals surface area (Å²) < 4.78 is 0.792. The monoisotopic (exact) mass is 344 g/mol. The number of aromatic amines is 1. The molecule has 0 spiro atoms. The average Bonchev–Trinajstić information content (AvgIpc) is 2.77. The summed E-state index contributed by atoms with van der Waals surface area (Å²) in [7, 11) is 0. The number of carbonyl (C=O) groups excluding carboxylic acids is 1. The maximum atomic E-state index is 10.9. The van der Waals surface area contributed by atoms with Gasteiger partial charge >= 0.3 is 0 Å². The molecule has 3 N–H and O–H groups in total. The van der Waals surface area contributed by atoms with Crippen LogP contribution in [0.3, 0.4) is 0 Å². The van der Waals surface area contributed by atoms with E-state index in [1.807, 2.05) is 6.07 Å². The minimum Gasteiger partial charge on any atom is -0.389 e. The predicted molar refractivity (Wildman–Crippen MR) is 77.9 cm³/mol. The number of carbonyl (C=O) groups is 1. The minimum atomic E-state index is -1.06. The van der Waals surface area contributed by atoms with Crippen LogP contribution in [0.1, 0.15) is 18.6 Å². The van der Waals surface area contributed by atoms with E-state index in [9.17, 15) is 15.0 Å². The molecule has 2 aromatic rings. The lowest BCUT2D eigenvalue weighted by Crippen LogP contribution is -2.21. The molecule has 0 amide bonds. The number of hydrogen-bond acceptors (Lipinski definition) is 5. The second-order valence-electron chi connectivity index (χ2n) is 4.11. The van der Waals surface area contributed by atoms with Crippen LogP contribution in [-0.4, -0.2) is 37.2 Å². The van der Waals surface area contributed by atoms with E-state index in [4.69, 9.17) is 0 Å². The maximum absolute atomic E-state index is 10.9. The van der Waals surface area contributed by atoms with Crippen LogP contribution in [0.4, 0.5) is 0 Å². The van der Waals surface area contributed by atoms with E-state index in [0.29, 0.717) is 11.2 Å². The Morgan fingerprint density at radius 1 is 1.58 bits per heavy atom. The van der Waals surface area contributed by atoms with Gasteiger partial charge in [-0.2, -0.15) is 0 Å². The SMILES string of the molecule is CC(=O)SCC(O)C(O)c1c[nH]c2ncc(Br)cc12. The van der Waals surface area contributed by atoms with Crippen LogP contribution < -0.4 is 0 Å². The number of nitrogens with zero attached hydrogens (tertiary/aromatic N) is 1. The topological polar surface area (TPSA) is 86.2 Å². The molecule has 7 heteroatoms. The van der Waals surface area contributed by atoms with E-state index in [1.165, 1.54) is 6.92 Å². The van der Waals surface area contributed by atoms with E-state index in [0.717, 1.165) is 21.6 Å². The summed E-state index contributed by atoms with van der Waals surface area (Å²) in [4.78, 5) is 18.0. The van der Waals surface area contributed by atoms with Crippen molar-refractivity contribution in [2.45, 2.75) is 19.1 Å². The lowest BCUT2D eigenvalue weighted by molar-refractivity contribution is -0.109. The molecule has 2 unspecified atom stereocenters. The van der Waals surface area contributed by atoms with Crippen molar-refractivity contribution < 1.29 is 15.0 Å². The summed E-state index contributed by atoms with van der Waals surface area (Å²) >= 11 is 4.31. The third kappa shape index (κ3) is 3.36. The van der Waals surface area contributed by atoms with E-state index in [2.05, 4.69) is 25.9 Å².